The van der Waals surface area contributed by atoms with Gasteiger partial charge in [0.25, 0.3) is 15.7 Å². The van der Waals surface area contributed by atoms with Gasteiger partial charge in [0.1, 0.15) is 0 Å². The van der Waals surface area contributed by atoms with Crippen LogP contribution in [0.4, 0.5) is 0 Å². The van der Waals surface area contributed by atoms with Crippen LogP contribution in [0.15, 0.2) is 24.3 Å². The first-order valence-corrected chi connectivity index (χ1v) is 6.70. The standard InChI is InChI=1S/C13H4Cl4O3/c14-10-8(12(16)19)4-7-5(9(10)13(17)20)2-1-3-6(7)11(15)18/h1-4H. The third-order valence-corrected chi connectivity index (χ3v) is 3.73. The summed E-state index contributed by atoms with van der Waals surface area (Å²) in [5.41, 5.74) is -0.0797. The Morgan fingerprint density at radius 1 is 0.800 bits per heavy atom. The average molecular weight is 350 g/mol. The predicted molar refractivity (Wildman–Crippen MR) is 79.5 cm³/mol. The third kappa shape index (κ3) is 2.54. The van der Waals surface area contributed by atoms with Gasteiger partial charge in [0.05, 0.1) is 16.1 Å². The quantitative estimate of drug-likeness (QED) is 0.759. The van der Waals surface area contributed by atoms with E-state index >= 15 is 0 Å². The maximum Gasteiger partial charge on any atom is 0.254 e. The number of benzene rings is 2. The molecule has 0 aliphatic rings. The molecule has 0 aromatic heterocycles. The van der Waals surface area contributed by atoms with Crippen LogP contribution in [0.5, 0.6) is 0 Å². The van der Waals surface area contributed by atoms with Gasteiger partial charge in [-0.15, -0.1) is 0 Å². The molecule has 0 fully saturated rings. The van der Waals surface area contributed by atoms with E-state index in [0.717, 1.165) is 0 Å². The Kier molecular flexibility index (Phi) is 4.35. The van der Waals surface area contributed by atoms with Crippen LogP contribution in [-0.2, 0) is 0 Å². The number of carbonyl (C=O) groups is 3. The van der Waals surface area contributed by atoms with Crippen molar-refractivity contribution in [3.8, 4) is 0 Å². The molecule has 0 aliphatic carbocycles. The summed E-state index contributed by atoms with van der Waals surface area (Å²) in [5, 5.41) is -2.02. The van der Waals surface area contributed by atoms with Gasteiger partial charge in [-0.1, -0.05) is 23.7 Å². The predicted octanol–water partition coefficient (Wildman–Crippen LogP) is 4.63. The van der Waals surface area contributed by atoms with Crippen molar-refractivity contribution in [1.29, 1.82) is 0 Å². The maximum atomic E-state index is 11.5. The highest BCUT2D eigenvalue weighted by Crippen LogP contribution is 2.34. The van der Waals surface area contributed by atoms with Crippen molar-refractivity contribution in [3.05, 3.63) is 46.0 Å². The average Bonchev–Trinajstić information content (AvgIpc) is 2.35. The Morgan fingerprint density at radius 2 is 1.40 bits per heavy atom. The van der Waals surface area contributed by atoms with E-state index in [2.05, 4.69) is 0 Å². The third-order valence-electron chi connectivity index (χ3n) is 2.74. The summed E-state index contributed by atoms with van der Waals surface area (Å²) >= 11 is 22.4. The van der Waals surface area contributed by atoms with E-state index in [9.17, 15) is 14.4 Å². The molecule has 2 rings (SSSR count). The van der Waals surface area contributed by atoms with Gasteiger partial charge in [0.15, 0.2) is 0 Å². The minimum atomic E-state index is -0.868. The van der Waals surface area contributed by atoms with Gasteiger partial charge in [0, 0.05) is 5.56 Å². The van der Waals surface area contributed by atoms with Crippen LogP contribution >= 0.6 is 46.4 Å². The van der Waals surface area contributed by atoms with Crippen LogP contribution in [0.25, 0.3) is 10.8 Å². The Labute approximate surface area is 133 Å². The number of carbonyl (C=O) groups excluding carboxylic acids is 3. The molecule has 0 unspecified atom stereocenters. The normalized spacial score (nSPS) is 10.6. The molecule has 7 heteroatoms. The fourth-order valence-corrected chi connectivity index (χ4v) is 2.84. The van der Waals surface area contributed by atoms with Crippen molar-refractivity contribution in [3.63, 3.8) is 0 Å². The summed E-state index contributed by atoms with van der Waals surface area (Å²) in [6.07, 6.45) is 0. The largest absolute Gasteiger partial charge is 0.276 e. The van der Waals surface area contributed by atoms with Crippen LogP contribution in [-0.4, -0.2) is 15.7 Å². The molecule has 20 heavy (non-hydrogen) atoms. The van der Waals surface area contributed by atoms with Crippen molar-refractivity contribution < 1.29 is 14.4 Å². The molecule has 0 saturated heterocycles. The molecule has 0 spiro atoms. The lowest BCUT2D eigenvalue weighted by atomic mass is 9.98. The Balaban J connectivity index is 3.05. The van der Waals surface area contributed by atoms with Crippen LogP contribution in [0.2, 0.25) is 5.02 Å². The van der Waals surface area contributed by atoms with E-state index < -0.39 is 15.7 Å². The van der Waals surface area contributed by atoms with Gasteiger partial charge in [0.2, 0.25) is 0 Å². The number of hydrogen-bond acceptors (Lipinski definition) is 3. The van der Waals surface area contributed by atoms with Gasteiger partial charge >= 0.3 is 0 Å². The number of fused-ring (bicyclic) bond motifs is 1. The lowest BCUT2D eigenvalue weighted by Crippen LogP contribution is -2.02. The molecule has 0 bridgehead atoms. The Bertz CT molecular complexity index is 768. The smallest absolute Gasteiger partial charge is 0.254 e. The van der Waals surface area contributed by atoms with Crippen LogP contribution in [0, 0.1) is 0 Å². The number of halogens is 4. The summed E-state index contributed by atoms with van der Waals surface area (Å²) in [4.78, 5) is 34.3. The van der Waals surface area contributed by atoms with Gasteiger partial charge in [-0.05, 0) is 57.7 Å². The second-order valence-corrected chi connectivity index (χ2v) is 5.24. The molecule has 0 N–H and O–H groups in total. The molecule has 0 atom stereocenters. The Hall–Kier alpha value is -1.13. The number of hydrogen-bond donors (Lipinski definition) is 0. The SMILES string of the molecule is O=C(Cl)c1cc2c(C(=O)Cl)cccc2c(C(=O)Cl)c1Cl. The molecule has 102 valence electrons. The van der Waals surface area contributed by atoms with Crippen molar-refractivity contribution in [2.45, 2.75) is 0 Å². The summed E-state index contributed by atoms with van der Waals surface area (Å²) in [6, 6.07) is 5.84. The highest BCUT2D eigenvalue weighted by molar-refractivity contribution is 6.72. The summed E-state index contributed by atoms with van der Waals surface area (Å²) in [5.74, 6) is 0. The first-order valence-electron chi connectivity index (χ1n) is 5.19. The number of rotatable bonds is 3. The molecular weight excluding hydrogens is 346 g/mol. The molecule has 2 aromatic rings. The maximum absolute atomic E-state index is 11.5. The van der Waals surface area contributed by atoms with Crippen LogP contribution in [0.1, 0.15) is 31.1 Å². The van der Waals surface area contributed by atoms with Crippen LogP contribution < -0.4 is 0 Å². The first-order chi connectivity index (χ1) is 9.34. The Morgan fingerprint density at radius 3 is 1.90 bits per heavy atom. The lowest BCUT2D eigenvalue weighted by Gasteiger charge is -2.10. The van der Waals surface area contributed by atoms with E-state index in [0.29, 0.717) is 5.39 Å². The van der Waals surface area contributed by atoms with Crippen molar-refractivity contribution in [2.24, 2.45) is 0 Å². The van der Waals surface area contributed by atoms with E-state index in [1.54, 1.807) is 6.07 Å². The molecule has 0 amide bonds. The van der Waals surface area contributed by atoms with Crippen molar-refractivity contribution in [1.82, 2.24) is 0 Å². The monoisotopic (exact) mass is 348 g/mol. The molecule has 0 heterocycles. The van der Waals surface area contributed by atoms with Crippen molar-refractivity contribution in [2.75, 3.05) is 0 Å². The van der Waals surface area contributed by atoms with E-state index in [4.69, 9.17) is 46.4 Å². The highest BCUT2D eigenvalue weighted by atomic mass is 35.5. The molecule has 2 aromatic carbocycles. The summed E-state index contributed by atoms with van der Waals surface area (Å²) in [6.45, 7) is 0. The van der Waals surface area contributed by atoms with Gasteiger partial charge in [-0.25, -0.2) is 0 Å². The fourth-order valence-electron chi connectivity index (χ4n) is 1.91. The minimum absolute atomic E-state index is 0.0883. The van der Waals surface area contributed by atoms with E-state index in [1.807, 2.05) is 0 Å². The summed E-state index contributed by atoms with van der Waals surface area (Å²) in [7, 11) is 0. The zero-order chi connectivity index (χ0) is 15.0. The van der Waals surface area contributed by atoms with Gasteiger partial charge < -0.3 is 0 Å². The molecular formula is C13H4Cl4O3. The molecule has 0 saturated carbocycles. The van der Waals surface area contributed by atoms with E-state index in [-0.39, 0.29) is 27.1 Å². The molecule has 0 radical (unpaired) electrons. The minimum Gasteiger partial charge on any atom is -0.276 e. The van der Waals surface area contributed by atoms with Crippen LogP contribution in [0.3, 0.4) is 0 Å². The second-order valence-electron chi connectivity index (χ2n) is 3.83. The fraction of sp³-hybridized carbons (Fsp3) is 0. The zero-order valence-electron chi connectivity index (χ0n) is 9.55. The van der Waals surface area contributed by atoms with E-state index in [1.165, 1.54) is 18.2 Å². The summed E-state index contributed by atoms with van der Waals surface area (Å²) < 4.78 is 0. The molecule has 3 nitrogen and oxygen atoms in total. The zero-order valence-corrected chi connectivity index (χ0v) is 12.6. The first kappa shape index (κ1) is 15.3. The van der Waals surface area contributed by atoms with Gasteiger partial charge in [-0.2, -0.15) is 0 Å². The van der Waals surface area contributed by atoms with Gasteiger partial charge in [-0.3, -0.25) is 14.4 Å². The van der Waals surface area contributed by atoms with Crippen molar-refractivity contribution >= 4 is 72.9 Å². The highest BCUT2D eigenvalue weighted by Gasteiger charge is 2.22. The lowest BCUT2D eigenvalue weighted by molar-refractivity contribution is 0.107. The second kappa shape index (κ2) is 5.70. The molecule has 0 aliphatic heterocycles. The topological polar surface area (TPSA) is 51.2 Å².